The monoisotopic (exact) mass is 268 g/mol. The van der Waals surface area contributed by atoms with Gasteiger partial charge in [-0.2, -0.15) is 0 Å². The van der Waals surface area contributed by atoms with E-state index in [1.165, 1.54) is 19.1 Å². The molecule has 1 aromatic rings. The molecule has 1 fully saturated rings. The van der Waals surface area contributed by atoms with Crippen molar-refractivity contribution >= 4 is 21.2 Å². The summed E-state index contributed by atoms with van der Waals surface area (Å²) in [6, 6.07) is 5.23. The second kappa shape index (κ2) is 4.80. The number of nitrogen functional groups attached to an aromatic ring is 1. The van der Waals surface area contributed by atoms with Gasteiger partial charge in [0.05, 0.1) is 16.3 Å². The second-order valence-corrected chi connectivity index (χ2v) is 6.93. The van der Waals surface area contributed by atoms with Crippen LogP contribution in [0.4, 0.5) is 11.4 Å². The Morgan fingerprint density at radius 2 is 2.06 bits per heavy atom. The number of benzene rings is 1. The summed E-state index contributed by atoms with van der Waals surface area (Å²) in [5.41, 5.74) is 7.24. The topological polar surface area (TPSA) is 63.4 Å². The lowest BCUT2D eigenvalue weighted by atomic mass is 10.2. The van der Waals surface area contributed by atoms with E-state index < -0.39 is 9.84 Å². The van der Waals surface area contributed by atoms with Crippen LogP contribution in [0.3, 0.4) is 0 Å². The Hall–Kier alpha value is -1.23. The summed E-state index contributed by atoms with van der Waals surface area (Å²) < 4.78 is 23.3. The molecular formula is C13H20N2O2S. The lowest BCUT2D eigenvalue weighted by Gasteiger charge is -2.25. The largest absolute Gasteiger partial charge is 0.396 e. The zero-order valence-electron chi connectivity index (χ0n) is 10.9. The Labute approximate surface area is 109 Å². The summed E-state index contributed by atoms with van der Waals surface area (Å²) in [6.45, 7) is 3.87. The third-order valence-electron chi connectivity index (χ3n) is 3.34. The molecule has 1 aromatic carbocycles. The fraction of sp³-hybridized carbons (Fsp3) is 0.538. The van der Waals surface area contributed by atoms with Crippen LogP contribution in [0.2, 0.25) is 0 Å². The van der Waals surface area contributed by atoms with Crippen LogP contribution in [0.1, 0.15) is 19.8 Å². The summed E-state index contributed by atoms with van der Waals surface area (Å²) in [5, 5.41) is 0. The van der Waals surface area contributed by atoms with Gasteiger partial charge < -0.3 is 10.6 Å². The highest BCUT2D eigenvalue weighted by molar-refractivity contribution is 7.90. The molecule has 0 heterocycles. The summed E-state index contributed by atoms with van der Waals surface area (Å²) in [5.74, 6) is 0.742. The Morgan fingerprint density at radius 3 is 2.56 bits per heavy atom. The molecule has 0 aromatic heterocycles. The standard InChI is InChI=1S/C13H20N2O2S/c1-3-15(9-10-7-8-10)11-5-4-6-12(13(11)14)18(2,16)17/h4-6,10H,3,7-9,14H2,1-2H3. The normalized spacial score (nSPS) is 15.7. The van der Waals surface area contributed by atoms with Crippen molar-refractivity contribution in [1.82, 2.24) is 0 Å². The first-order valence-corrected chi connectivity index (χ1v) is 8.16. The molecule has 0 saturated heterocycles. The predicted molar refractivity (Wildman–Crippen MR) is 74.6 cm³/mol. The molecule has 0 bridgehead atoms. The first-order valence-electron chi connectivity index (χ1n) is 6.27. The van der Waals surface area contributed by atoms with Crippen molar-refractivity contribution < 1.29 is 8.42 Å². The number of nitrogens with zero attached hydrogens (tertiary/aromatic N) is 1. The lowest BCUT2D eigenvalue weighted by molar-refractivity contribution is 0.602. The molecule has 0 amide bonds. The van der Waals surface area contributed by atoms with E-state index in [0.29, 0.717) is 5.69 Å². The van der Waals surface area contributed by atoms with Crippen LogP contribution in [0.25, 0.3) is 0 Å². The lowest BCUT2D eigenvalue weighted by Crippen LogP contribution is -2.26. The molecule has 5 heteroatoms. The maximum absolute atomic E-state index is 11.7. The Kier molecular flexibility index (Phi) is 3.52. The van der Waals surface area contributed by atoms with Crippen LogP contribution in [-0.2, 0) is 9.84 Å². The number of para-hydroxylation sites is 1. The molecule has 2 rings (SSSR count). The number of nitrogens with two attached hydrogens (primary N) is 1. The Balaban J connectivity index is 2.37. The van der Waals surface area contributed by atoms with Gasteiger partial charge in [0.25, 0.3) is 0 Å². The highest BCUT2D eigenvalue weighted by atomic mass is 32.2. The number of hydrogen-bond acceptors (Lipinski definition) is 4. The van der Waals surface area contributed by atoms with Crippen molar-refractivity contribution in [3.05, 3.63) is 18.2 Å². The van der Waals surface area contributed by atoms with Crippen molar-refractivity contribution in [3.8, 4) is 0 Å². The van der Waals surface area contributed by atoms with Crippen LogP contribution in [-0.4, -0.2) is 27.8 Å². The van der Waals surface area contributed by atoms with Crippen LogP contribution in [0, 0.1) is 5.92 Å². The van der Waals surface area contributed by atoms with E-state index >= 15 is 0 Å². The maximum Gasteiger partial charge on any atom is 0.177 e. The minimum absolute atomic E-state index is 0.231. The minimum atomic E-state index is -3.26. The summed E-state index contributed by atoms with van der Waals surface area (Å²) in [6.07, 6.45) is 3.73. The van der Waals surface area contributed by atoms with Gasteiger partial charge in [-0.25, -0.2) is 8.42 Å². The van der Waals surface area contributed by atoms with Gasteiger partial charge in [-0.15, -0.1) is 0 Å². The van der Waals surface area contributed by atoms with E-state index in [-0.39, 0.29) is 4.90 Å². The second-order valence-electron chi connectivity index (χ2n) is 4.94. The van der Waals surface area contributed by atoms with Gasteiger partial charge >= 0.3 is 0 Å². The number of hydrogen-bond donors (Lipinski definition) is 1. The third kappa shape index (κ3) is 2.77. The quantitative estimate of drug-likeness (QED) is 0.829. The Morgan fingerprint density at radius 1 is 1.39 bits per heavy atom. The molecule has 1 aliphatic rings. The van der Waals surface area contributed by atoms with Crippen molar-refractivity contribution in [2.45, 2.75) is 24.7 Å². The van der Waals surface area contributed by atoms with E-state index in [1.54, 1.807) is 12.1 Å². The molecule has 2 N–H and O–H groups in total. The molecule has 0 unspecified atom stereocenters. The highest BCUT2D eigenvalue weighted by Crippen LogP contribution is 2.35. The van der Waals surface area contributed by atoms with Gasteiger partial charge in [-0.3, -0.25) is 0 Å². The smallest absolute Gasteiger partial charge is 0.177 e. The van der Waals surface area contributed by atoms with E-state index in [4.69, 9.17) is 5.73 Å². The predicted octanol–water partition coefficient (Wildman–Crippen LogP) is 1.91. The fourth-order valence-electron chi connectivity index (χ4n) is 2.14. The zero-order chi connectivity index (χ0) is 13.3. The number of sulfone groups is 1. The molecule has 100 valence electrons. The molecule has 1 aliphatic carbocycles. The Bertz CT molecular complexity index is 536. The maximum atomic E-state index is 11.7. The van der Waals surface area contributed by atoms with E-state index in [0.717, 1.165) is 24.7 Å². The van der Waals surface area contributed by atoms with Crippen molar-refractivity contribution in [3.63, 3.8) is 0 Å². The van der Waals surface area contributed by atoms with Crippen LogP contribution in [0.15, 0.2) is 23.1 Å². The molecule has 18 heavy (non-hydrogen) atoms. The summed E-state index contributed by atoms with van der Waals surface area (Å²) in [7, 11) is -3.26. The van der Waals surface area contributed by atoms with E-state index in [1.807, 2.05) is 6.07 Å². The molecule has 0 atom stereocenters. The minimum Gasteiger partial charge on any atom is -0.396 e. The van der Waals surface area contributed by atoms with Crippen LogP contribution in [0.5, 0.6) is 0 Å². The zero-order valence-corrected chi connectivity index (χ0v) is 11.7. The molecule has 4 nitrogen and oxygen atoms in total. The van der Waals surface area contributed by atoms with Gasteiger partial charge in [-0.1, -0.05) is 6.07 Å². The summed E-state index contributed by atoms with van der Waals surface area (Å²) in [4.78, 5) is 2.40. The van der Waals surface area contributed by atoms with Gasteiger partial charge in [0, 0.05) is 19.3 Å². The van der Waals surface area contributed by atoms with Crippen molar-refractivity contribution in [2.75, 3.05) is 30.0 Å². The van der Waals surface area contributed by atoms with Crippen LogP contribution < -0.4 is 10.6 Å². The molecular weight excluding hydrogens is 248 g/mol. The molecule has 0 aliphatic heterocycles. The number of rotatable bonds is 5. The van der Waals surface area contributed by atoms with Crippen molar-refractivity contribution in [2.24, 2.45) is 5.92 Å². The molecule has 0 spiro atoms. The van der Waals surface area contributed by atoms with E-state index in [9.17, 15) is 8.42 Å². The highest BCUT2D eigenvalue weighted by Gasteiger charge is 2.25. The van der Waals surface area contributed by atoms with Gasteiger partial charge in [-0.05, 0) is 37.8 Å². The molecule has 0 radical (unpaired) electrons. The van der Waals surface area contributed by atoms with Gasteiger partial charge in [0.2, 0.25) is 0 Å². The first-order chi connectivity index (χ1) is 8.43. The fourth-order valence-corrected chi connectivity index (χ4v) is 2.97. The number of anilines is 2. The first kappa shape index (κ1) is 13.2. The average molecular weight is 268 g/mol. The van der Waals surface area contributed by atoms with Crippen molar-refractivity contribution in [1.29, 1.82) is 0 Å². The van der Waals surface area contributed by atoms with Crippen LogP contribution >= 0.6 is 0 Å². The van der Waals surface area contributed by atoms with Gasteiger partial charge in [0.1, 0.15) is 0 Å². The summed E-state index contributed by atoms with van der Waals surface area (Å²) >= 11 is 0. The average Bonchev–Trinajstić information content (AvgIpc) is 3.09. The SMILES string of the molecule is CCN(CC1CC1)c1cccc(S(C)(=O)=O)c1N. The molecule has 1 saturated carbocycles. The third-order valence-corrected chi connectivity index (χ3v) is 4.50. The van der Waals surface area contributed by atoms with E-state index in [2.05, 4.69) is 11.8 Å². The van der Waals surface area contributed by atoms with Gasteiger partial charge in [0.15, 0.2) is 9.84 Å².